The minimum Gasteiger partial charge on any atom is -0.395 e. The summed E-state index contributed by atoms with van der Waals surface area (Å²) in [6.07, 6.45) is 3.23. The van der Waals surface area contributed by atoms with Crippen LogP contribution in [0.4, 0.5) is 0 Å². The minimum atomic E-state index is 0.0954. The molecule has 0 aliphatic carbocycles. The number of amidine groups is 1. The van der Waals surface area contributed by atoms with Crippen molar-refractivity contribution in [3.63, 3.8) is 0 Å². The first-order chi connectivity index (χ1) is 5.57. The summed E-state index contributed by atoms with van der Waals surface area (Å²) in [4.78, 5) is 3.87. The van der Waals surface area contributed by atoms with Crippen molar-refractivity contribution in [2.45, 2.75) is 13.8 Å². The fraction of sp³-hybridized carbons (Fsp3) is 0.500. The molecule has 0 aromatic carbocycles. The summed E-state index contributed by atoms with van der Waals surface area (Å²) >= 11 is 0. The molecule has 0 aromatic heterocycles. The first kappa shape index (κ1) is 10.7. The Bertz CT molecular complexity index is 203. The van der Waals surface area contributed by atoms with Gasteiger partial charge in [0.1, 0.15) is 0 Å². The molecule has 68 valence electrons. The summed E-state index contributed by atoms with van der Waals surface area (Å²) in [5.41, 5.74) is 5.82. The Morgan fingerprint density at radius 3 is 2.58 bits per heavy atom. The van der Waals surface area contributed by atoms with E-state index >= 15 is 0 Å². The second-order valence-electron chi connectivity index (χ2n) is 2.76. The van der Waals surface area contributed by atoms with Gasteiger partial charge in [-0.2, -0.15) is 0 Å². The van der Waals surface area contributed by atoms with Gasteiger partial charge in [0, 0.05) is 19.5 Å². The van der Waals surface area contributed by atoms with Crippen LogP contribution in [0.2, 0.25) is 0 Å². The Labute approximate surface area is 73.1 Å². The molecule has 0 aliphatic heterocycles. The van der Waals surface area contributed by atoms with Crippen LogP contribution in [0.25, 0.3) is 0 Å². The van der Waals surface area contributed by atoms with E-state index in [9.17, 15) is 0 Å². The average molecular weight is 168 g/mol. The van der Waals surface area contributed by atoms with Gasteiger partial charge in [-0.05, 0) is 5.92 Å². The first-order valence-corrected chi connectivity index (χ1v) is 3.84. The number of nitrogens with one attached hydrogen (secondary N) is 2. The maximum Gasteiger partial charge on any atom is 0.169 e. The maximum absolute atomic E-state index is 7.36. The topological polar surface area (TPSA) is 74.3 Å². The zero-order valence-electron chi connectivity index (χ0n) is 7.76. The second-order valence-corrected chi connectivity index (χ2v) is 2.76. The molecular weight excluding hydrogens is 152 g/mol. The highest BCUT2D eigenvalue weighted by molar-refractivity contribution is 5.99. The van der Waals surface area contributed by atoms with Crippen molar-refractivity contribution in [2.24, 2.45) is 16.6 Å². The van der Waals surface area contributed by atoms with Gasteiger partial charge in [0.25, 0.3) is 0 Å². The van der Waals surface area contributed by atoms with Crippen molar-refractivity contribution < 1.29 is 0 Å². The molecule has 0 fully saturated rings. The quantitative estimate of drug-likeness (QED) is 0.429. The van der Waals surface area contributed by atoms with Crippen LogP contribution in [-0.4, -0.2) is 19.1 Å². The molecule has 4 nitrogen and oxygen atoms in total. The van der Waals surface area contributed by atoms with Gasteiger partial charge in [0.05, 0.1) is 5.70 Å². The number of rotatable bonds is 3. The summed E-state index contributed by atoms with van der Waals surface area (Å²) in [6.45, 7) is 3.99. The van der Waals surface area contributed by atoms with E-state index in [2.05, 4.69) is 10.3 Å². The van der Waals surface area contributed by atoms with E-state index in [0.29, 0.717) is 11.6 Å². The smallest absolute Gasteiger partial charge is 0.169 e. The fourth-order valence-electron chi connectivity index (χ4n) is 0.522. The molecule has 0 heterocycles. The SMILES string of the molecule is CN/C=C(/N)C(=N)N=CC(C)C. The number of nitrogens with two attached hydrogens (primary N) is 1. The van der Waals surface area contributed by atoms with Crippen LogP contribution >= 0.6 is 0 Å². The fourth-order valence-corrected chi connectivity index (χ4v) is 0.522. The molecule has 0 atom stereocenters. The van der Waals surface area contributed by atoms with Crippen molar-refractivity contribution in [2.75, 3.05) is 7.05 Å². The second kappa shape index (κ2) is 5.35. The third-order valence-corrected chi connectivity index (χ3v) is 1.08. The molecule has 0 rings (SSSR count). The van der Waals surface area contributed by atoms with Gasteiger partial charge in [0.2, 0.25) is 0 Å². The molecule has 0 amide bonds. The summed E-state index contributed by atoms with van der Waals surface area (Å²) in [6, 6.07) is 0. The highest BCUT2D eigenvalue weighted by Gasteiger charge is 1.95. The van der Waals surface area contributed by atoms with Crippen LogP contribution in [0.15, 0.2) is 16.9 Å². The summed E-state index contributed by atoms with van der Waals surface area (Å²) in [5.74, 6) is 0.436. The lowest BCUT2D eigenvalue weighted by atomic mass is 10.2. The van der Waals surface area contributed by atoms with Crippen LogP contribution in [0.5, 0.6) is 0 Å². The van der Waals surface area contributed by atoms with E-state index in [1.54, 1.807) is 19.5 Å². The molecule has 0 bridgehead atoms. The number of hydrogen-bond acceptors (Lipinski definition) is 3. The molecule has 0 radical (unpaired) electrons. The molecule has 0 saturated carbocycles. The molecule has 4 N–H and O–H groups in total. The zero-order chi connectivity index (χ0) is 9.56. The largest absolute Gasteiger partial charge is 0.395 e. The van der Waals surface area contributed by atoms with Gasteiger partial charge >= 0.3 is 0 Å². The van der Waals surface area contributed by atoms with E-state index in [1.807, 2.05) is 13.8 Å². The van der Waals surface area contributed by atoms with Crippen molar-refractivity contribution in [3.8, 4) is 0 Å². The molecule has 0 spiro atoms. The van der Waals surface area contributed by atoms with Crippen molar-refractivity contribution in [1.82, 2.24) is 5.32 Å². The third kappa shape index (κ3) is 4.49. The minimum absolute atomic E-state index is 0.0954. The van der Waals surface area contributed by atoms with Crippen LogP contribution in [0.3, 0.4) is 0 Å². The van der Waals surface area contributed by atoms with Gasteiger partial charge in [-0.15, -0.1) is 0 Å². The normalized spacial score (nSPS) is 12.5. The van der Waals surface area contributed by atoms with Crippen molar-refractivity contribution in [1.29, 1.82) is 5.41 Å². The number of nitrogens with zero attached hydrogens (tertiary/aromatic N) is 1. The summed E-state index contributed by atoms with van der Waals surface area (Å²) in [5, 5.41) is 10.1. The average Bonchev–Trinajstić information content (AvgIpc) is 2.00. The molecule has 0 unspecified atom stereocenters. The predicted octanol–water partition coefficient (Wildman–Crippen LogP) is 0.710. The molecule has 12 heavy (non-hydrogen) atoms. The lowest BCUT2D eigenvalue weighted by Crippen LogP contribution is -2.12. The van der Waals surface area contributed by atoms with Crippen LogP contribution in [-0.2, 0) is 0 Å². The molecule has 0 aliphatic rings. The maximum atomic E-state index is 7.36. The summed E-state index contributed by atoms with van der Waals surface area (Å²) < 4.78 is 0. The highest BCUT2D eigenvalue weighted by Crippen LogP contribution is 1.90. The third-order valence-electron chi connectivity index (χ3n) is 1.08. The van der Waals surface area contributed by atoms with Gasteiger partial charge in [0.15, 0.2) is 5.84 Å². The van der Waals surface area contributed by atoms with E-state index < -0.39 is 0 Å². The Kier molecular flexibility index (Phi) is 4.76. The number of hydrogen-bond donors (Lipinski definition) is 3. The van der Waals surface area contributed by atoms with Crippen molar-refractivity contribution in [3.05, 3.63) is 11.9 Å². The molecule has 4 heteroatoms. The van der Waals surface area contributed by atoms with E-state index in [4.69, 9.17) is 11.1 Å². The molecule has 0 saturated heterocycles. The zero-order valence-corrected chi connectivity index (χ0v) is 7.76. The predicted molar refractivity (Wildman–Crippen MR) is 52.4 cm³/mol. The number of aliphatic imine (C=N–C) groups is 1. The van der Waals surface area contributed by atoms with Gasteiger partial charge in [-0.1, -0.05) is 13.8 Å². The standard InChI is InChI=1S/C8H16N4/c1-6(2)4-12-8(10)7(9)5-11-3/h4-6,10-11H,9H2,1-3H3/b7-5+,10-8?,12-4?. The molecular formula is C8H16N4. The summed E-state index contributed by atoms with van der Waals surface area (Å²) in [7, 11) is 1.73. The van der Waals surface area contributed by atoms with Gasteiger partial charge < -0.3 is 11.1 Å². The Morgan fingerprint density at radius 1 is 1.58 bits per heavy atom. The van der Waals surface area contributed by atoms with E-state index in [1.165, 1.54) is 0 Å². The van der Waals surface area contributed by atoms with E-state index in [-0.39, 0.29) is 5.84 Å². The Morgan fingerprint density at radius 2 is 2.17 bits per heavy atom. The first-order valence-electron chi connectivity index (χ1n) is 3.84. The van der Waals surface area contributed by atoms with Crippen LogP contribution in [0.1, 0.15) is 13.8 Å². The molecule has 0 aromatic rings. The lowest BCUT2D eigenvalue weighted by Gasteiger charge is -1.98. The van der Waals surface area contributed by atoms with Crippen LogP contribution in [0, 0.1) is 11.3 Å². The highest BCUT2D eigenvalue weighted by atomic mass is 14.9. The van der Waals surface area contributed by atoms with Gasteiger partial charge in [-0.25, -0.2) is 4.99 Å². The van der Waals surface area contributed by atoms with Crippen LogP contribution < -0.4 is 11.1 Å². The Hall–Kier alpha value is -1.32. The lowest BCUT2D eigenvalue weighted by molar-refractivity contribution is 0.908. The monoisotopic (exact) mass is 168 g/mol. The van der Waals surface area contributed by atoms with E-state index in [0.717, 1.165) is 0 Å². The van der Waals surface area contributed by atoms with Crippen molar-refractivity contribution >= 4 is 12.1 Å². The van der Waals surface area contributed by atoms with Gasteiger partial charge in [-0.3, -0.25) is 5.41 Å². The Balaban J connectivity index is 4.13.